The smallest absolute Gasteiger partial charge is 0.339 e. The van der Waals surface area contributed by atoms with Crippen molar-refractivity contribution < 1.29 is 14.3 Å². The summed E-state index contributed by atoms with van der Waals surface area (Å²) in [6, 6.07) is 7.39. The highest BCUT2D eigenvalue weighted by Gasteiger charge is 2.11. The summed E-state index contributed by atoms with van der Waals surface area (Å²) in [5.74, 6) is -0.831. The lowest BCUT2D eigenvalue weighted by Crippen LogP contribution is -2.21. The van der Waals surface area contributed by atoms with E-state index in [9.17, 15) is 9.59 Å². The van der Waals surface area contributed by atoms with Gasteiger partial charge in [0.25, 0.3) is 5.91 Å². The van der Waals surface area contributed by atoms with E-state index >= 15 is 0 Å². The molecule has 4 nitrogen and oxygen atoms in total. The quantitative estimate of drug-likeness (QED) is 0.880. The summed E-state index contributed by atoms with van der Waals surface area (Å²) in [5, 5.41) is 6.19. The van der Waals surface area contributed by atoms with Gasteiger partial charge in [-0.3, -0.25) is 4.79 Å². The van der Waals surface area contributed by atoms with E-state index in [1.165, 1.54) is 11.3 Å². The van der Waals surface area contributed by atoms with Crippen molar-refractivity contribution in [3.63, 3.8) is 0 Å². The zero-order valence-corrected chi connectivity index (χ0v) is 12.1. The molecule has 0 bridgehead atoms. The molecule has 2 rings (SSSR count). The molecule has 0 fully saturated rings. The normalized spacial score (nSPS) is 10.1. The molecule has 2 aromatic rings. The van der Waals surface area contributed by atoms with Crippen LogP contribution in [0.25, 0.3) is 0 Å². The summed E-state index contributed by atoms with van der Waals surface area (Å²) in [7, 11) is 0. The van der Waals surface area contributed by atoms with Crippen LogP contribution in [0.4, 0.5) is 5.69 Å². The number of esters is 1. The van der Waals surface area contributed by atoms with E-state index in [1.54, 1.807) is 16.8 Å². The Bertz CT molecular complexity index is 620. The number of benzene rings is 1. The lowest BCUT2D eigenvalue weighted by molar-refractivity contribution is -0.119. The van der Waals surface area contributed by atoms with Gasteiger partial charge in [0.2, 0.25) is 0 Å². The molecule has 0 saturated heterocycles. The topological polar surface area (TPSA) is 55.4 Å². The molecule has 1 aromatic heterocycles. The lowest BCUT2D eigenvalue weighted by Gasteiger charge is -2.09. The Labute approximate surface area is 121 Å². The number of hydrogen-bond donors (Lipinski definition) is 1. The van der Waals surface area contributed by atoms with Crippen LogP contribution in [0.2, 0.25) is 0 Å². The molecular formula is C15H15NO3S. The number of ether oxygens (including phenoxy) is 1. The molecule has 0 spiro atoms. The fourth-order valence-electron chi connectivity index (χ4n) is 1.74. The summed E-state index contributed by atoms with van der Waals surface area (Å²) in [6.45, 7) is 3.61. The average molecular weight is 289 g/mol. The Kier molecular flexibility index (Phi) is 4.53. The monoisotopic (exact) mass is 289 g/mol. The molecule has 20 heavy (non-hydrogen) atoms. The molecule has 0 unspecified atom stereocenters. The minimum absolute atomic E-state index is 0.290. The number of carbonyl (C=O) groups is 2. The van der Waals surface area contributed by atoms with Gasteiger partial charge in [-0.2, -0.15) is 11.3 Å². The second-order valence-electron chi connectivity index (χ2n) is 4.45. The fraction of sp³-hybridized carbons (Fsp3) is 0.200. The number of carbonyl (C=O) groups excluding carboxylic acids is 2. The highest BCUT2D eigenvalue weighted by atomic mass is 32.1. The molecule has 0 aliphatic carbocycles. The first-order valence-corrected chi connectivity index (χ1v) is 7.07. The van der Waals surface area contributed by atoms with E-state index in [2.05, 4.69) is 5.32 Å². The summed E-state index contributed by atoms with van der Waals surface area (Å²) >= 11 is 1.41. The molecule has 0 aliphatic heterocycles. The van der Waals surface area contributed by atoms with Crippen molar-refractivity contribution in [3.05, 3.63) is 51.7 Å². The molecule has 1 amide bonds. The van der Waals surface area contributed by atoms with Crippen molar-refractivity contribution in [1.82, 2.24) is 0 Å². The third-order valence-electron chi connectivity index (χ3n) is 2.75. The zero-order chi connectivity index (χ0) is 14.5. The highest BCUT2D eigenvalue weighted by molar-refractivity contribution is 7.08. The summed E-state index contributed by atoms with van der Waals surface area (Å²) in [6.07, 6.45) is 0. The van der Waals surface area contributed by atoms with Gasteiger partial charge in [-0.15, -0.1) is 0 Å². The maximum atomic E-state index is 11.7. The van der Waals surface area contributed by atoms with Gasteiger partial charge >= 0.3 is 5.97 Å². The Hall–Kier alpha value is -2.14. The number of nitrogens with one attached hydrogen (secondary N) is 1. The maximum absolute atomic E-state index is 11.7. The van der Waals surface area contributed by atoms with E-state index in [-0.39, 0.29) is 12.5 Å². The Balaban J connectivity index is 1.88. The van der Waals surface area contributed by atoms with Crippen molar-refractivity contribution in [1.29, 1.82) is 0 Å². The summed E-state index contributed by atoms with van der Waals surface area (Å²) < 4.78 is 4.94. The van der Waals surface area contributed by atoms with Crippen molar-refractivity contribution >= 4 is 28.9 Å². The lowest BCUT2D eigenvalue weighted by atomic mass is 10.1. The van der Waals surface area contributed by atoms with Crippen molar-refractivity contribution in [3.8, 4) is 0 Å². The van der Waals surface area contributed by atoms with E-state index in [0.29, 0.717) is 5.56 Å². The highest BCUT2D eigenvalue weighted by Crippen LogP contribution is 2.16. The standard InChI is InChI=1S/C15H15NO3S/c1-10-3-4-13(11(2)7-10)16-14(17)8-19-15(18)12-5-6-20-9-12/h3-7,9H,8H2,1-2H3,(H,16,17). The van der Waals surface area contributed by atoms with Crippen LogP contribution in [0.3, 0.4) is 0 Å². The molecule has 5 heteroatoms. The number of amides is 1. The van der Waals surface area contributed by atoms with Crippen LogP contribution >= 0.6 is 11.3 Å². The molecule has 1 aromatic carbocycles. The van der Waals surface area contributed by atoms with Crippen LogP contribution < -0.4 is 5.32 Å². The van der Waals surface area contributed by atoms with Crippen molar-refractivity contribution in [2.24, 2.45) is 0 Å². The SMILES string of the molecule is Cc1ccc(NC(=O)COC(=O)c2ccsc2)c(C)c1. The van der Waals surface area contributed by atoms with Crippen LogP contribution in [0.5, 0.6) is 0 Å². The third kappa shape index (κ3) is 3.68. The minimum Gasteiger partial charge on any atom is -0.452 e. The number of anilines is 1. The number of rotatable bonds is 4. The van der Waals surface area contributed by atoms with Gasteiger partial charge in [0, 0.05) is 11.1 Å². The largest absolute Gasteiger partial charge is 0.452 e. The van der Waals surface area contributed by atoms with Gasteiger partial charge in [-0.05, 0) is 36.9 Å². The molecule has 1 N–H and O–H groups in total. The molecule has 1 heterocycles. The van der Waals surface area contributed by atoms with Gasteiger partial charge in [-0.1, -0.05) is 17.7 Å². The van der Waals surface area contributed by atoms with E-state index < -0.39 is 5.97 Å². The van der Waals surface area contributed by atoms with Crippen molar-refractivity contribution in [2.75, 3.05) is 11.9 Å². The van der Waals surface area contributed by atoms with Gasteiger partial charge in [0.05, 0.1) is 5.56 Å². The van der Waals surface area contributed by atoms with E-state index in [4.69, 9.17) is 4.74 Å². The number of aryl methyl sites for hydroxylation is 2. The molecule has 104 valence electrons. The number of thiophene rings is 1. The Morgan fingerprint density at radius 1 is 1.25 bits per heavy atom. The van der Waals surface area contributed by atoms with Crippen molar-refractivity contribution in [2.45, 2.75) is 13.8 Å². The van der Waals surface area contributed by atoms with Crippen LogP contribution in [-0.4, -0.2) is 18.5 Å². The Morgan fingerprint density at radius 3 is 2.70 bits per heavy atom. The van der Waals surface area contributed by atoms with Crippen LogP contribution in [0.1, 0.15) is 21.5 Å². The Morgan fingerprint density at radius 2 is 2.05 bits per heavy atom. The number of hydrogen-bond acceptors (Lipinski definition) is 4. The first kappa shape index (κ1) is 14.3. The molecule has 0 aliphatic rings. The second-order valence-corrected chi connectivity index (χ2v) is 5.23. The predicted octanol–water partition coefficient (Wildman–Crippen LogP) is 3.16. The van der Waals surface area contributed by atoms with Gasteiger partial charge in [0.1, 0.15) is 0 Å². The van der Waals surface area contributed by atoms with E-state index in [0.717, 1.165) is 16.8 Å². The summed E-state index contributed by atoms with van der Waals surface area (Å²) in [4.78, 5) is 23.3. The van der Waals surface area contributed by atoms with Crippen LogP contribution in [-0.2, 0) is 9.53 Å². The van der Waals surface area contributed by atoms with Crippen LogP contribution in [0.15, 0.2) is 35.0 Å². The fourth-order valence-corrected chi connectivity index (χ4v) is 2.36. The van der Waals surface area contributed by atoms with Gasteiger partial charge in [0.15, 0.2) is 6.61 Å². The zero-order valence-electron chi connectivity index (χ0n) is 11.3. The molecule has 0 radical (unpaired) electrons. The predicted molar refractivity (Wildman–Crippen MR) is 79.1 cm³/mol. The van der Waals surface area contributed by atoms with Crippen LogP contribution in [0, 0.1) is 13.8 Å². The summed E-state index contributed by atoms with van der Waals surface area (Å²) in [5.41, 5.74) is 3.30. The van der Waals surface area contributed by atoms with E-state index in [1.807, 2.05) is 32.0 Å². The molecule has 0 atom stereocenters. The first-order chi connectivity index (χ1) is 9.56. The second kappa shape index (κ2) is 6.34. The molecular weight excluding hydrogens is 274 g/mol. The van der Waals surface area contributed by atoms with Gasteiger partial charge in [-0.25, -0.2) is 4.79 Å². The first-order valence-electron chi connectivity index (χ1n) is 6.12. The molecule has 0 saturated carbocycles. The maximum Gasteiger partial charge on any atom is 0.339 e. The van der Waals surface area contributed by atoms with Gasteiger partial charge < -0.3 is 10.1 Å². The minimum atomic E-state index is -0.484. The third-order valence-corrected chi connectivity index (χ3v) is 3.43. The average Bonchev–Trinajstić information content (AvgIpc) is 2.93.